The average molecular weight is 296 g/mol. The number of rotatable bonds is 8. The van der Waals surface area contributed by atoms with Crippen molar-refractivity contribution in [2.75, 3.05) is 0 Å². The predicted molar refractivity (Wildman–Crippen MR) is 95.5 cm³/mol. The van der Waals surface area contributed by atoms with Crippen LogP contribution in [0.4, 0.5) is 0 Å². The van der Waals surface area contributed by atoms with Gasteiger partial charge in [-0.2, -0.15) is 0 Å². The van der Waals surface area contributed by atoms with Gasteiger partial charge < -0.3 is 4.74 Å². The highest BCUT2D eigenvalue weighted by Crippen LogP contribution is 2.23. The van der Waals surface area contributed by atoms with Gasteiger partial charge in [-0.3, -0.25) is 0 Å². The standard InChI is InChI=1S/C21H28O/c1-4-5-6-7-8-18(3)22-21-15-13-20(14-16-21)19-11-9-17(2)10-12-19/h9-16,18H,4-8H2,1-3H3. The molecule has 0 spiro atoms. The average Bonchev–Trinajstić information content (AvgIpc) is 2.53. The summed E-state index contributed by atoms with van der Waals surface area (Å²) in [7, 11) is 0. The molecule has 2 aromatic carbocycles. The Bertz CT molecular complexity index is 539. The first kappa shape index (κ1) is 16.6. The summed E-state index contributed by atoms with van der Waals surface area (Å²) in [6.07, 6.45) is 6.63. The van der Waals surface area contributed by atoms with E-state index in [9.17, 15) is 0 Å². The number of hydrogen-bond donors (Lipinski definition) is 0. The SMILES string of the molecule is CCCCCCC(C)Oc1ccc(-c2ccc(C)cc2)cc1. The van der Waals surface area contributed by atoms with Crippen LogP contribution in [0.15, 0.2) is 48.5 Å². The van der Waals surface area contributed by atoms with E-state index in [4.69, 9.17) is 4.74 Å². The van der Waals surface area contributed by atoms with Crippen molar-refractivity contribution in [3.63, 3.8) is 0 Å². The minimum Gasteiger partial charge on any atom is -0.491 e. The minimum absolute atomic E-state index is 0.294. The Labute approximate surface area is 135 Å². The van der Waals surface area contributed by atoms with Crippen LogP contribution in [-0.2, 0) is 0 Å². The predicted octanol–water partition coefficient (Wildman–Crippen LogP) is 6.40. The molecule has 0 aliphatic heterocycles. The first-order chi connectivity index (χ1) is 10.7. The zero-order chi connectivity index (χ0) is 15.8. The molecular formula is C21H28O. The van der Waals surface area contributed by atoms with E-state index >= 15 is 0 Å². The van der Waals surface area contributed by atoms with Gasteiger partial charge in [-0.15, -0.1) is 0 Å². The van der Waals surface area contributed by atoms with Gasteiger partial charge in [0.2, 0.25) is 0 Å². The van der Waals surface area contributed by atoms with E-state index in [1.165, 1.54) is 42.4 Å². The zero-order valence-electron chi connectivity index (χ0n) is 14.1. The smallest absolute Gasteiger partial charge is 0.119 e. The third-order valence-electron chi connectivity index (χ3n) is 4.04. The van der Waals surface area contributed by atoms with Crippen molar-refractivity contribution in [2.45, 2.75) is 59.0 Å². The van der Waals surface area contributed by atoms with Crippen LogP contribution in [0.2, 0.25) is 0 Å². The molecule has 0 aliphatic rings. The molecule has 0 fully saturated rings. The second-order valence-corrected chi connectivity index (χ2v) is 6.17. The minimum atomic E-state index is 0.294. The van der Waals surface area contributed by atoms with Crippen LogP contribution >= 0.6 is 0 Å². The van der Waals surface area contributed by atoms with Gasteiger partial charge in [0.1, 0.15) is 5.75 Å². The molecule has 1 unspecified atom stereocenters. The largest absolute Gasteiger partial charge is 0.491 e. The molecule has 1 nitrogen and oxygen atoms in total. The van der Waals surface area contributed by atoms with E-state index in [-0.39, 0.29) is 0 Å². The molecule has 2 rings (SSSR count). The molecule has 0 radical (unpaired) electrons. The van der Waals surface area contributed by atoms with Crippen LogP contribution in [0.3, 0.4) is 0 Å². The summed E-state index contributed by atoms with van der Waals surface area (Å²) in [5.74, 6) is 0.971. The van der Waals surface area contributed by atoms with E-state index in [1.54, 1.807) is 0 Å². The molecule has 0 amide bonds. The number of benzene rings is 2. The lowest BCUT2D eigenvalue weighted by atomic mass is 10.0. The molecule has 0 aliphatic carbocycles. The summed E-state index contributed by atoms with van der Waals surface area (Å²) in [5.41, 5.74) is 3.79. The summed E-state index contributed by atoms with van der Waals surface area (Å²) in [6, 6.07) is 17.1. The Balaban J connectivity index is 1.87. The fourth-order valence-corrected chi connectivity index (χ4v) is 2.62. The van der Waals surface area contributed by atoms with Crippen LogP contribution < -0.4 is 4.74 Å². The van der Waals surface area contributed by atoms with E-state index in [1.807, 2.05) is 0 Å². The Morgan fingerprint density at radius 1 is 0.818 bits per heavy atom. The third-order valence-corrected chi connectivity index (χ3v) is 4.04. The zero-order valence-corrected chi connectivity index (χ0v) is 14.1. The lowest BCUT2D eigenvalue weighted by Gasteiger charge is -2.15. The molecular weight excluding hydrogens is 268 g/mol. The molecule has 0 aromatic heterocycles. The van der Waals surface area contributed by atoms with Crippen molar-refractivity contribution in [3.8, 4) is 16.9 Å². The Morgan fingerprint density at radius 2 is 1.41 bits per heavy atom. The van der Waals surface area contributed by atoms with Crippen molar-refractivity contribution >= 4 is 0 Å². The topological polar surface area (TPSA) is 9.23 Å². The maximum atomic E-state index is 6.00. The normalized spacial score (nSPS) is 12.1. The van der Waals surface area contributed by atoms with Crippen LogP contribution in [0.25, 0.3) is 11.1 Å². The van der Waals surface area contributed by atoms with Crippen molar-refractivity contribution in [3.05, 3.63) is 54.1 Å². The lowest BCUT2D eigenvalue weighted by molar-refractivity contribution is 0.206. The summed E-state index contributed by atoms with van der Waals surface area (Å²) < 4.78 is 6.00. The van der Waals surface area contributed by atoms with Crippen molar-refractivity contribution in [1.82, 2.24) is 0 Å². The van der Waals surface area contributed by atoms with Gasteiger partial charge in [0.05, 0.1) is 6.10 Å². The van der Waals surface area contributed by atoms with Crippen molar-refractivity contribution < 1.29 is 4.74 Å². The Kier molecular flexibility index (Phi) is 6.51. The van der Waals surface area contributed by atoms with Gasteiger partial charge in [0.15, 0.2) is 0 Å². The quantitative estimate of drug-likeness (QED) is 0.512. The molecule has 118 valence electrons. The monoisotopic (exact) mass is 296 g/mol. The van der Waals surface area contributed by atoms with Gasteiger partial charge in [-0.1, -0.05) is 68.1 Å². The van der Waals surface area contributed by atoms with Gasteiger partial charge in [-0.25, -0.2) is 0 Å². The maximum absolute atomic E-state index is 6.00. The molecule has 0 saturated heterocycles. The van der Waals surface area contributed by atoms with Gasteiger partial charge in [-0.05, 0) is 49.9 Å². The fourth-order valence-electron chi connectivity index (χ4n) is 2.62. The number of ether oxygens (including phenoxy) is 1. The van der Waals surface area contributed by atoms with Crippen molar-refractivity contribution in [1.29, 1.82) is 0 Å². The summed E-state index contributed by atoms with van der Waals surface area (Å²) >= 11 is 0. The van der Waals surface area contributed by atoms with Gasteiger partial charge in [0.25, 0.3) is 0 Å². The molecule has 0 heterocycles. The lowest BCUT2D eigenvalue weighted by Crippen LogP contribution is -2.11. The number of unbranched alkanes of at least 4 members (excludes halogenated alkanes) is 3. The summed E-state index contributed by atoms with van der Waals surface area (Å²) in [5, 5.41) is 0. The van der Waals surface area contributed by atoms with Crippen LogP contribution in [0, 0.1) is 6.92 Å². The van der Waals surface area contributed by atoms with Crippen LogP contribution in [0.5, 0.6) is 5.75 Å². The first-order valence-corrected chi connectivity index (χ1v) is 8.53. The molecule has 1 heteroatoms. The van der Waals surface area contributed by atoms with E-state index in [0.717, 1.165) is 12.2 Å². The molecule has 2 aromatic rings. The molecule has 22 heavy (non-hydrogen) atoms. The van der Waals surface area contributed by atoms with E-state index in [2.05, 4.69) is 69.3 Å². The van der Waals surface area contributed by atoms with E-state index < -0.39 is 0 Å². The number of aryl methyl sites for hydroxylation is 1. The number of hydrogen-bond acceptors (Lipinski definition) is 1. The molecule has 0 N–H and O–H groups in total. The van der Waals surface area contributed by atoms with Crippen molar-refractivity contribution in [2.24, 2.45) is 0 Å². The second kappa shape index (κ2) is 8.63. The first-order valence-electron chi connectivity index (χ1n) is 8.53. The molecule has 0 bridgehead atoms. The second-order valence-electron chi connectivity index (χ2n) is 6.17. The summed E-state index contributed by atoms with van der Waals surface area (Å²) in [6.45, 7) is 6.53. The van der Waals surface area contributed by atoms with Gasteiger partial charge >= 0.3 is 0 Å². The third kappa shape index (κ3) is 5.22. The highest BCUT2D eigenvalue weighted by Gasteiger charge is 2.04. The molecule has 0 saturated carbocycles. The summed E-state index contributed by atoms with van der Waals surface area (Å²) in [4.78, 5) is 0. The highest BCUT2D eigenvalue weighted by atomic mass is 16.5. The van der Waals surface area contributed by atoms with Gasteiger partial charge in [0, 0.05) is 0 Å². The highest BCUT2D eigenvalue weighted by molar-refractivity contribution is 5.64. The fraction of sp³-hybridized carbons (Fsp3) is 0.429. The van der Waals surface area contributed by atoms with Crippen LogP contribution in [-0.4, -0.2) is 6.10 Å². The Morgan fingerprint density at radius 3 is 2.00 bits per heavy atom. The van der Waals surface area contributed by atoms with Crippen LogP contribution in [0.1, 0.15) is 51.5 Å². The molecule has 1 atom stereocenters. The Hall–Kier alpha value is -1.76. The maximum Gasteiger partial charge on any atom is 0.119 e. The van der Waals surface area contributed by atoms with E-state index in [0.29, 0.717) is 6.10 Å².